The van der Waals surface area contributed by atoms with Crippen molar-refractivity contribution in [3.05, 3.63) is 48.5 Å². The number of benzene rings is 2. The molecule has 0 aromatic heterocycles. The Kier molecular flexibility index (Phi) is 8.70. The summed E-state index contributed by atoms with van der Waals surface area (Å²) in [5, 5.41) is 18.3. The summed E-state index contributed by atoms with van der Waals surface area (Å²) in [5.41, 5.74) is 0.634. The summed E-state index contributed by atoms with van der Waals surface area (Å²) in [6, 6.07) is 15.6. The molecular weight excluding hydrogens is 408 g/mol. The lowest BCUT2D eigenvalue weighted by Gasteiger charge is -2.18. The van der Waals surface area contributed by atoms with Crippen LogP contribution in [0.4, 0.5) is 0 Å². The van der Waals surface area contributed by atoms with Crippen molar-refractivity contribution in [2.24, 2.45) is 10.8 Å². The minimum atomic E-state index is -0.791. The van der Waals surface area contributed by atoms with Crippen LogP contribution in [-0.2, 0) is 9.59 Å². The highest BCUT2D eigenvalue weighted by atomic mass is 16.5. The van der Waals surface area contributed by atoms with E-state index >= 15 is 0 Å². The largest absolute Gasteiger partial charge is 0.494 e. The molecule has 0 saturated heterocycles. The summed E-state index contributed by atoms with van der Waals surface area (Å²) >= 11 is 0. The lowest BCUT2D eigenvalue weighted by Crippen LogP contribution is -2.24. The van der Waals surface area contributed by atoms with E-state index in [1.165, 1.54) is 0 Å². The smallest absolute Gasteiger partial charge is 0.309 e. The van der Waals surface area contributed by atoms with E-state index < -0.39 is 22.8 Å². The Balaban J connectivity index is 1.79. The molecule has 0 saturated carbocycles. The Morgan fingerprint density at radius 3 is 1.25 bits per heavy atom. The molecule has 0 unspecified atom stereocenters. The molecule has 0 spiro atoms. The van der Waals surface area contributed by atoms with Gasteiger partial charge in [-0.3, -0.25) is 9.59 Å². The lowest BCUT2D eigenvalue weighted by atomic mass is 9.88. The highest BCUT2D eigenvalue weighted by molar-refractivity contribution is 5.73. The van der Waals surface area contributed by atoms with Gasteiger partial charge in [0, 0.05) is 0 Å². The zero-order valence-electron chi connectivity index (χ0n) is 19.4. The number of ether oxygens (including phenoxy) is 2. The molecule has 6 nitrogen and oxygen atoms in total. The van der Waals surface area contributed by atoms with Gasteiger partial charge in [0.05, 0.1) is 24.0 Å². The van der Waals surface area contributed by atoms with Crippen molar-refractivity contribution < 1.29 is 29.3 Å². The van der Waals surface area contributed by atoms with Gasteiger partial charge in [0.15, 0.2) is 0 Å². The second kappa shape index (κ2) is 11.0. The third-order valence-corrected chi connectivity index (χ3v) is 5.63. The minimum absolute atomic E-state index is 0.478. The van der Waals surface area contributed by atoms with Crippen LogP contribution in [0, 0.1) is 10.8 Å². The van der Waals surface area contributed by atoms with E-state index in [0.29, 0.717) is 38.9 Å². The van der Waals surface area contributed by atoms with Crippen molar-refractivity contribution in [2.75, 3.05) is 13.2 Å². The molecule has 2 aromatic carbocycles. The first-order valence-corrected chi connectivity index (χ1v) is 10.9. The molecule has 2 N–H and O–H groups in total. The first-order chi connectivity index (χ1) is 15.0. The van der Waals surface area contributed by atoms with E-state index in [4.69, 9.17) is 19.7 Å². The molecule has 174 valence electrons. The Bertz CT molecular complexity index is 806. The number of rotatable bonds is 13. The van der Waals surface area contributed by atoms with Crippen molar-refractivity contribution in [3.63, 3.8) is 0 Å². The fraction of sp³-hybridized carbons (Fsp3) is 0.462. The van der Waals surface area contributed by atoms with E-state index in [2.05, 4.69) is 0 Å². The van der Waals surface area contributed by atoms with Gasteiger partial charge in [0.25, 0.3) is 0 Å². The van der Waals surface area contributed by atoms with Crippen molar-refractivity contribution in [2.45, 2.75) is 53.4 Å². The maximum Gasteiger partial charge on any atom is 0.309 e. The van der Waals surface area contributed by atoms with Gasteiger partial charge in [-0.25, -0.2) is 0 Å². The van der Waals surface area contributed by atoms with Crippen molar-refractivity contribution in [1.29, 1.82) is 0 Å². The molecule has 0 fully saturated rings. The van der Waals surface area contributed by atoms with E-state index in [9.17, 15) is 9.59 Å². The fourth-order valence-electron chi connectivity index (χ4n) is 3.11. The van der Waals surface area contributed by atoms with Crippen molar-refractivity contribution in [1.82, 2.24) is 0 Å². The van der Waals surface area contributed by atoms with E-state index in [-0.39, 0.29) is 0 Å². The SMILES string of the molecule is CC(C)(CCCOc1ccc(-c2ccc(OCCCC(C)(C)C(=O)O)cc2)cc1)C(=O)O. The van der Waals surface area contributed by atoms with Crippen LogP contribution in [0.5, 0.6) is 11.5 Å². The number of carbonyl (C=O) groups is 2. The third kappa shape index (κ3) is 7.59. The number of hydrogen-bond donors (Lipinski definition) is 2. The van der Waals surface area contributed by atoms with Crippen LogP contribution in [0.25, 0.3) is 11.1 Å². The summed E-state index contributed by atoms with van der Waals surface area (Å²) in [7, 11) is 0. The zero-order valence-corrected chi connectivity index (χ0v) is 19.4. The monoisotopic (exact) mass is 442 g/mol. The highest BCUT2D eigenvalue weighted by Crippen LogP contribution is 2.27. The average Bonchev–Trinajstić information content (AvgIpc) is 2.75. The van der Waals surface area contributed by atoms with Crippen LogP contribution in [0.15, 0.2) is 48.5 Å². The second-order valence-electron chi connectivity index (χ2n) is 9.33. The summed E-state index contributed by atoms with van der Waals surface area (Å²) in [6.07, 6.45) is 2.48. The molecule has 0 aliphatic rings. The summed E-state index contributed by atoms with van der Waals surface area (Å²) < 4.78 is 11.5. The molecule has 0 heterocycles. The molecule has 32 heavy (non-hydrogen) atoms. The van der Waals surface area contributed by atoms with E-state index in [1.807, 2.05) is 48.5 Å². The van der Waals surface area contributed by atoms with Gasteiger partial charge in [-0.1, -0.05) is 24.3 Å². The molecule has 0 radical (unpaired) electrons. The molecule has 2 rings (SSSR count). The Morgan fingerprint density at radius 2 is 0.969 bits per heavy atom. The topological polar surface area (TPSA) is 93.1 Å². The van der Waals surface area contributed by atoms with Crippen LogP contribution in [-0.4, -0.2) is 35.4 Å². The molecule has 0 bridgehead atoms. The molecule has 0 aliphatic carbocycles. The Morgan fingerprint density at radius 1 is 0.656 bits per heavy atom. The van der Waals surface area contributed by atoms with Crippen molar-refractivity contribution in [3.8, 4) is 22.6 Å². The van der Waals surface area contributed by atoms with Crippen LogP contribution >= 0.6 is 0 Å². The quantitative estimate of drug-likeness (QED) is 0.376. The Labute approximate surface area is 190 Å². The maximum atomic E-state index is 11.1. The van der Waals surface area contributed by atoms with E-state index in [0.717, 1.165) is 22.6 Å². The standard InChI is InChI=1S/C26H34O6/c1-25(2,23(27)28)15-5-17-31-21-11-7-19(8-12-21)20-9-13-22(14-10-20)32-18-6-16-26(3,4)24(29)30/h7-14H,5-6,15-18H2,1-4H3,(H,27,28)(H,29,30). The second-order valence-corrected chi connectivity index (χ2v) is 9.33. The van der Waals surface area contributed by atoms with Gasteiger partial charge in [-0.15, -0.1) is 0 Å². The summed E-state index contributed by atoms with van der Waals surface area (Å²) in [6.45, 7) is 7.85. The molecule has 6 heteroatoms. The van der Waals surface area contributed by atoms with Crippen LogP contribution < -0.4 is 9.47 Å². The van der Waals surface area contributed by atoms with Gasteiger partial charge in [-0.2, -0.15) is 0 Å². The Hall–Kier alpha value is -3.02. The van der Waals surface area contributed by atoms with Crippen LogP contribution in [0.3, 0.4) is 0 Å². The van der Waals surface area contributed by atoms with Gasteiger partial charge in [0.1, 0.15) is 11.5 Å². The van der Waals surface area contributed by atoms with Gasteiger partial charge < -0.3 is 19.7 Å². The van der Waals surface area contributed by atoms with Gasteiger partial charge in [0.2, 0.25) is 0 Å². The lowest BCUT2D eigenvalue weighted by molar-refractivity contribution is -0.148. The van der Waals surface area contributed by atoms with Gasteiger partial charge in [-0.05, 0) is 88.8 Å². The number of carboxylic acids is 2. The van der Waals surface area contributed by atoms with E-state index in [1.54, 1.807) is 27.7 Å². The molecule has 0 aliphatic heterocycles. The predicted molar refractivity (Wildman–Crippen MR) is 124 cm³/mol. The third-order valence-electron chi connectivity index (χ3n) is 5.63. The van der Waals surface area contributed by atoms with Crippen molar-refractivity contribution >= 4 is 11.9 Å². The molecule has 0 atom stereocenters. The maximum absolute atomic E-state index is 11.1. The van der Waals surface area contributed by atoms with Crippen LogP contribution in [0.2, 0.25) is 0 Å². The molecule has 2 aromatic rings. The van der Waals surface area contributed by atoms with Gasteiger partial charge >= 0.3 is 11.9 Å². The predicted octanol–water partition coefficient (Wildman–Crippen LogP) is 5.89. The first kappa shape index (κ1) is 25.2. The molecular formula is C26H34O6. The van der Waals surface area contributed by atoms with Crippen LogP contribution in [0.1, 0.15) is 53.4 Å². The number of hydrogen-bond acceptors (Lipinski definition) is 4. The summed E-state index contributed by atoms with van der Waals surface area (Å²) in [4.78, 5) is 22.3. The fourth-order valence-corrected chi connectivity index (χ4v) is 3.11. The first-order valence-electron chi connectivity index (χ1n) is 10.9. The summed E-state index contributed by atoms with van der Waals surface area (Å²) in [5.74, 6) is -0.0713. The average molecular weight is 443 g/mol. The number of aliphatic carboxylic acids is 2. The number of carboxylic acid groups (broad SMARTS) is 2. The minimum Gasteiger partial charge on any atom is -0.494 e. The normalized spacial score (nSPS) is 11.8. The zero-order chi connectivity index (χ0) is 23.8. The molecule has 0 amide bonds. The highest BCUT2D eigenvalue weighted by Gasteiger charge is 2.26.